The van der Waals surface area contributed by atoms with Crippen LogP contribution < -0.4 is 0 Å². The lowest BCUT2D eigenvalue weighted by Crippen LogP contribution is -1.95. The van der Waals surface area contributed by atoms with Gasteiger partial charge >= 0.3 is 0 Å². The summed E-state index contributed by atoms with van der Waals surface area (Å²) in [7, 11) is 0. The molecule has 0 amide bonds. The molecule has 1 aromatic heterocycles. The molecule has 128 valence electrons. The molecular formula is C21H14F2N2S. The number of rotatable bonds is 4. The van der Waals surface area contributed by atoms with Crippen molar-refractivity contribution in [3.63, 3.8) is 0 Å². The van der Waals surface area contributed by atoms with Gasteiger partial charge in [-0.25, -0.2) is 8.78 Å². The van der Waals surface area contributed by atoms with Crippen molar-refractivity contribution in [1.29, 1.82) is 0 Å². The van der Waals surface area contributed by atoms with E-state index in [4.69, 9.17) is 0 Å². The predicted molar refractivity (Wildman–Crippen MR) is 101 cm³/mol. The van der Waals surface area contributed by atoms with Crippen LogP contribution in [0.1, 0.15) is 5.56 Å². The molecule has 0 bridgehead atoms. The third-order valence-electron chi connectivity index (χ3n) is 4.10. The molecule has 0 radical (unpaired) electrons. The summed E-state index contributed by atoms with van der Waals surface area (Å²) >= 11 is 1.35. The third-order valence-corrected chi connectivity index (χ3v) is 5.13. The molecule has 2 nitrogen and oxygen atoms in total. The third kappa shape index (κ3) is 3.18. The van der Waals surface area contributed by atoms with E-state index in [-0.39, 0.29) is 5.75 Å². The largest absolute Gasteiger partial charge is 0.204 e. The molecule has 0 spiro atoms. The van der Waals surface area contributed by atoms with Crippen LogP contribution in [0.15, 0.2) is 77.8 Å². The van der Waals surface area contributed by atoms with E-state index in [1.807, 2.05) is 54.6 Å². The van der Waals surface area contributed by atoms with Crippen molar-refractivity contribution >= 4 is 22.5 Å². The van der Waals surface area contributed by atoms with Crippen LogP contribution in [-0.4, -0.2) is 10.2 Å². The van der Waals surface area contributed by atoms with Gasteiger partial charge in [-0.05, 0) is 6.07 Å². The molecule has 0 unspecified atom stereocenters. The van der Waals surface area contributed by atoms with Crippen molar-refractivity contribution in [1.82, 2.24) is 10.2 Å². The van der Waals surface area contributed by atoms with Gasteiger partial charge in [-0.1, -0.05) is 78.5 Å². The first kappa shape index (κ1) is 16.7. The van der Waals surface area contributed by atoms with E-state index in [0.717, 1.165) is 28.1 Å². The number of benzene rings is 3. The average molecular weight is 364 g/mol. The fourth-order valence-corrected chi connectivity index (χ4v) is 3.75. The summed E-state index contributed by atoms with van der Waals surface area (Å²) in [5.41, 5.74) is 2.11. The minimum absolute atomic E-state index is 0.285. The Morgan fingerprint density at radius 3 is 2.27 bits per heavy atom. The summed E-state index contributed by atoms with van der Waals surface area (Å²) in [6.07, 6.45) is 0. The highest BCUT2D eigenvalue weighted by Crippen LogP contribution is 2.33. The molecule has 4 rings (SSSR count). The van der Waals surface area contributed by atoms with Gasteiger partial charge in [0, 0.05) is 27.7 Å². The fraction of sp³-hybridized carbons (Fsp3) is 0.0476. The van der Waals surface area contributed by atoms with Gasteiger partial charge in [0.1, 0.15) is 10.7 Å². The summed E-state index contributed by atoms with van der Waals surface area (Å²) in [5, 5.41) is 11.4. The van der Waals surface area contributed by atoms with E-state index in [0.29, 0.717) is 10.6 Å². The van der Waals surface area contributed by atoms with Crippen molar-refractivity contribution in [2.75, 3.05) is 0 Å². The molecule has 0 aliphatic carbocycles. The molecule has 5 heteroatoms. The first-order valence-electron chi connectivity index (χ1n) is 8.10. The van der Waals surface area contributed by atoms with Gasteiger partial charge in [0.25, 0.3) is 0 Å². The molecule has 0 saturated carbocycles. The molecule has 26 heavy (non-hydrogen) atoms. The maximum atomic E-state index is 13.9. The Kier molecular flexibility index (Phi) is 4.63. The van der Waals surface area contributed by atoms with Gasteiger partial charge < -0.3 is 0 Å². The Hall–Kier alpha value is -2.79. The molecule has 0 saturated heterocycles. The highest BCUT2D eigenvalue weighted by Gasteiger charge is 2.13. The van der Waals surface area contributed by atoms with Crippen LogP contribution in [0, 0.1) is 11.6 Å². The maximum absolute atomic E-state index is 13.9. The Labute approximate surface area is 153 Å². The predicted octanol–water partition coefficient (Wildman–Crippen LogP) is 5.87. The van der Waals surface area contributed by atoms with Gasteiger partial charge in [-0.2, -0.15) is 0 Å². The van der Waals surface area contributed by atoms with Crippen LogP contribution >= 0.6 is 11.8 Å². The summed E-state index contributed by atoms with van der Waals surface area (Å²) in [6.45, 7) is 0. The fourth-order valence-electron chi connectivity index (χ4n) is 2.80. The molecule has 0 atom stereocenters. The van der Waals surface area contributed by atoms with E-state index in [1.54, 1.807) is 6.07 Å². The first-order chi connectivity index (χ1) is 12.7. The zero-order valence-electron chi connectivity index (χ0n) is 13.7. The second kappa shape index (κ2) is 7.22. The highest BCUT2D eigenvalue weighted by atomic mass is 32.2. The van der Waals surface area contributed by atoms with Gasteiger partial charge in [0.05, 0.1) is 0 Å². The second-order valence-electron chi connectivity index (χ2n) is 5.77. The molecule has 0 N–H and O–H groups in total. The molecule has 0 fully saturated rings. The Bertz CT molecular complexity index is 1070. The highest BCUT2D eigenvalue weighted by molar-refractivity contribution is 7.98. The van der Waals surface area contributed by atoms with Gasteiger partial charge in [0.2, 0.25) is 0 Å². The minimum Gasteiger partial charge on any atom is -0.204 e. The number of fused-ring (bicyclic) bond motifs is 1. The van der Waals surface area contributed by atoms with Crippen LogP contribution in [0.25, 0.3) is 22.0 Å². The number of nitrogens with zero attached hydrogens (tertiary/aromatic N) is 2. The van der Waals surface area contributed by atoms with Crippen LogP contribution in [-0.2, 0) is 5.75 Å². The van der Waals surface area contributed by atoms with Crippen LogP contribution in [0.5, 0.6) is 0 Å². The van der Waals surface area contributed by atoms with Crippen LogP contribution in [0.4, 0.5) is 8.78 Å². The first-order valence-corrected chi connectivity index (χ1v) is 9.09. The molecule has 3 aromatic carbocycles. The van der Waals surface area contributed by atoms with E-state index in [1.165, 1.54) is 17.8 Å². The summed E-state index contributed by atoms with van der Waals surface area (Å²) in [5.74, 6) is -1.36. The number of halogens is 2. The minimum atomic E-state index is -0.835. The molecular weight excluding hydrogens is 350 g/mol. The van der Waals surface area contributed by atoms with Crippen molar-refractivity contribution in [3.8, 4) is 11.3 Å². The van der Waals surface area contributed by atoms with Crippen LogP contribution in [0.2, 0.25) is 0 Å². The molecule has 0 aliphatic heterocycles. The lowest BCUT2D eigenvalue weighted by atomic mass is 10.1. The van der Waals surface area contributed by atoms with Gasteiger partial charge in [-0.3, -0.25) is 0 Å². The Balaban J connectivity index is 1.72. The number of hydrogen-bond acceptors (Lipinski definition) is 3. The maximum Gasteiger partial charge on any atom is 0.162 e. The van der Waals surface area contributed by atoms with Gasteiger partial charge in [0.15, 0.2) is 11.6 Å². The lowest BCUT2D eigenvalue weighted by Gasteiger charge is -2.09. The lowest BCUT2D eigenvalue weighted by molar-refractivity contribution is 0.502. The summed E-state index contributed by atoms with van der Waals surface area (Å²) in [4.78, 5) is 0. The molecule has 4 aromatic rings. The van der Waals surface area contributed by atoms with Crippen molar-refractivity contribution in [3.05, 3.63) is 90.0 Å². The van der Waals surface area contributed by atoms with Crippen molar-refractivity contribution in [2.45, 2.75) is 10.8 Å². The number of thioether (sulfide) groups is 1. The summed E-state index contributed by atoms with van der Waals surface area (Å²) < 4.78 is 27.3. The average Bonchev–Trinajstić information content (AvgIpc) is 2.69. The quantitative estimate of drug-likeness (QED) is 0.424. The molecule has 1 heterocycles. The Morgan fingerprint density at radius 1 is 0.731 bits per heavy atom. The zero-order valence-corrected chi connectivity index (χ0v) is 14.5. The standard InChI is InChI=1S/C21H14F2N2S/c22-18-12-6-9-15(19(18)23)13-26-21-17-11-5-4-10-16(17)20(24-25-21)14-7-2-1-3-8-14/h1-12H,13H2. The van der Waals surface area contributed by atoms with Crippen molar-refractivity contribution < 1.29 is 8.78 Å². The van der Waals surface area contributed by atoms with E-state index in [9.17, 15) is 8.78 Å². The monoisotopic (exact) mass is 364 g/mol. The topological polar surface area (TPSA) is 25.8 Å². The van der Waals surface area contributed by atoms with E-state index in [2.05, 4.69) is 10.2 Å². The SMILES string of the molecule is Fc1cccc(CSc2nnc(-c3ccccc3)c3ccccc23)c1F. The Morgan fingerprint density at radius 2 is 1.46 bits per heavy atom. The van der Waals surface area contributed by atoms with Gasteiger partial charge in [-0.15, -0.1) is 10.2 Å². The molecule has 0 aliphatic rings. The zero-order chi connectivity index (χ0) is 17.9. The van der Waals surface area contributed by atoms with Crippen molar-refractivity contribution in [2.24, 2.45) is 0 Å². The second-order valence-corrected chi connectivity index (χ2v) is 6.73. The normalized spacial score (nSPS) is 11.0. The smallest absolute Gasteiger partial charge is 0.162 e. The summed E-state index contributed by atoms with van der Waals surface area (Å²) in [6, 6.07) is 21.9. The number of hydrogen-bond donors (Lipinski definition) is 0. The van der Waals surface area contributed by atoms with Crippen LogP contribution in [0.3, 0.4) is 0 Å². The van der Waals surface area contributed by atoms with E-state index >= 15 is 0 Å². The van der Waals surface area contributed by atoms with E-state index < -0.39 is 11.6 Å². The number of aromatic nitrogens is 2.